The summed E-state index contributed by atoms with van der Waals surface area (Å²) in [6.07, 6.45) is 0. The highest BCUT2D eigenvalue weighted by Gasteiger charge is 2.43. The highest BCUT2D eigenvalue weighted by molar-refractivity contribution is 6.90. The van der Waals surface area contributed by atoms with Gasteiger partial charge in [-0.1, -0.05) is 17.1 Å². The Bertz CT molecular complexity index is 308. The summed E-state index contributed by atoms with van der Waals surface area (Å²) in [4.78, 5) is 9.99. The van der Waals surface area contributed by atoms with Gasteiger partial charge in [-0.25, -0.2) is 0 Å². The maximum atomic E-state index is 9.99. The van der Waals surface area contributed by atoms with E-state index in [1.54, 1.807) is 25.1 Å². The molecule has 0 amide bonds. The minimum absolute atomic E-state index is 1.45. The molecular formula is C10H22O4Si3. The quantitative estimate of drug-likeness (QED) is 0.695. The molecule has 4 nitrogen and oxygen atoms in total. The molecule has 3 unspecified atom stereocenters. The second-order valence-electron chi connectivity index (χ2n) is 4.11. The van der Waals surface area contributed by atoms with E-state index in [4.69, 9.17) is 12.7 Å². The maximum absolute atomic E-state index is 9.99. The van der Waals surface area contributed by atoms with Gasteiger partial charge in [0, 0.05) is 7.11 Å². The molecule has 0 aromatic heterocycles. The van der Waals surface area contributed by atoms with Crippen LogP contribution in [-0.2, 0) is 12.7 Å². The van der Waals surface area contributed by atoms with Crippen molar-refractivity contribution in [3.8, 4) is 0 Å². The third kappa shape index (κ3) is 5.25. The van der Waals surface area contributed by atoms with Crippen LogP contribution >= 0.6 is 0 Å². The molecule has 0 saturated carbocycles. The lowest BCUT2D eigenvalue weighted by atomic mass is 11.3. The van der Waals surface area contributed by atoms with Crippen molar-refractivity contribution in [3.05, 3.63) is 36.8 Å². The smallest absolute Gasteiger partial charge is 0.352 e. The molecule has 0 saturated heterocycles. The van der Waals surface area contributed by atoms with Crippen molar-refractivity contribution in [3.63, 3.8) is 0 Å². The van der Waals surface area contributed by atoms with E-state index in [0.29, 0.717) is 0 Å². The van der Waals surface area contributed by atoms with E-state index >= 15 is 0 Å². The molecule has 0 aliphatic heterocycles. The Labute approximate surface area is 107 Å². The fourth-order valence-corrected chi connectivity index (χ4v) is 10.0. The Morgan fingerprint density at radius 1 is 0.882 bits per heavy atom. The van der Waals surface area contributed by atoms with E-state index in [-0.39, 0.29) is 0 Å². The van der Waals surface area contributed by atoms with Crippen LogP contribution in [0.4, 0.5) is 0 Å². The van der Waals surface area contributed by atoms with Gasteiger partial charge in [0.05, 0.1) is 0 Å². The molecule has 0 radical (unpaired) electrons. The van der Waals surface area contributed by atoms with Crippen molar-refractivity contribution in [2.45, 2.75) is 19.6 Å². The molecule has 98 valence electrons. The molecule has 0 rings (SSSR count). The summed E-state index contributed by atoms with van der Waals surface area (Å²) in [6, 6.07) is 0. The van der Waals surface area contributed by atoms with Crippen LogP contribution < -0.4 is 0 Å². The van der Waals surface area contributed by atoms with Gasteiger partial charge in [-0.2, -0.15) is 0 Å². The number of hydrogen-bond acceptors (Lipinski definition) is 4. The fraction of sp³-hybridized carbons (Fsp3) is 0.400. The van der Waals surface area contributed by atoms with Crippen LogP contribution in [0, 0.1) is 0 Å². The number of rotatable bonds is 8. The third-order valence-electron chi connectivity index (χ3n) is 2.34. The SMILES string of the molecule is C=C[Si](C)(O)O[Si](C)(C=C)O[Si](C)(C=C)OC. The number of hydrogen-bond donors (Lipinski definition) is 1. The van der Waals surface area contributed by atoms with Gasteiger partial charge >= 0.3 is 25.7 Å². The Morgan fingerprint density at radius 2 is 1.35 bits per heavy atom. The normalized spacial score (nSPS) is 21.7. The zero-order valence-electron chi connectivity index (χ0n) is 11.0. The lowest BCUT2D eigenvalue weighted by Crippen LogP contribution is -2.55. The summed E-state index contributed by atoms with van der Waals surface area (Å²) in [6.45, 7) is 16.3. The first-order chi connectivity index (χ1) is 7.66. The van der Waals surface area contributed by atoms with E-state index in [2.05, 4.69) is 19.7 Å². The van der Waals surface area contributed by atoms with E-state index in [9.17, 15) is 4.80 Å². The molecule has 0 fully saturated rings. The van der Waals surface area contributed by atoms with Gasteiger partial charge in [-0.3, -0.25) is 0 Å². The second-order valence-corrected chi connectivity index (χ2v) is 13.5. The van der Waals surface area contributed by atoms with Crippen LogP contribution in [0.3, 0.4) is 0 Å². The minimum Gasteiger partial charge on any atom is -0.409 e. The lowest BCUT2D eigenvalue weighted by Gasteiger charge is -2.35. The summed E-state index contributed by atoms with van der Waals surface area (Å²) in [5.41, 5.74) is 4.76. The van der Waals surface area contributed by atoms with E-state index < -0.39 is 25.7 Å². The van der Waals surface area contributed by atoms with Gasteiger partial charge in [-0.05, 0) is 19.6 Å². The fourth-order valence-electron chi connectivity index (χ4n) is 1.13. The van der Waals surface area contributed by atoms with Crippen molar-refractivity contribution in [2.75, 3.05) is 7.11 Å². The zero-order chi connectivity index (χ0) is 13.7. The molecule has 0 aromatic carbocycles. The van der Waals surface area contributed by atoms with Crippen LogP contribution in [0.15, 0.2) is 36.8 Å². The minimum atomic E-state index is -2.90. The standard InChI is InChI=1S/C10H22O4Si3/c1-8-15(5,11)13-17(7,10-3)14-16(6,9-2)12-4/h8-11H,1-3H2,4-7H3. The topological polar surface area (TPSA) is 47.9 Å². The molecule has 0 aromatic rings. The van der Waals surface area contributed by atoms with Crippen LogP contribution in [0.25, 0.3) is 0 Å². The average molecular weight is 291 g/mol. The predicted octanol–water partition coefficient (Wildman–Crippen LogP) is 2.05. The van der Waals surface area contributed by atoms with Crippen LogP contribution in [0.1, 0.15) is 0 Å². The van der Waals surface area contributed by atoms with Crippen LogP contribution in [0.5, 0.6) is 0 Å². The molecule has 3 atom stereocenters. The van der Waals surface area contributed by atoms with E-state index in [1.165, 1.54) is 5.70 Å². The molecule has 7 heteroatoms. The van der Waals surface area contributed by atoms with Gasteiger partial charge in [0.2, 0.25) is 0 Å². The van der Waals surface area contributed by atoms with E-state index in [0.717, 1.165) is 0 Å². The second kappa shape index (κ2) is 6.05. The maximum Gasteiger partial charge on any atom is 0.352 e. The van der Waals surface area contributed by atoms with Crippen molar-refractivity contribution < 1.29 is 17.5 Å². The first-order valence-electron chi connectivity index (χ1n) is 5.24. The van der Waals surface area contributed by atoms with Gasteiger partial charge in [0.1, 0.15) is 0 Å². The average Bonchev–Trinajstić information content (AvgIpc) is 2.28. The van der Waals surface area contributed by atoms with Gasteiger partial charge in [0.15, 0.2) is 0 Å². The van der Waals surface area contributed by atoms with Crippen molar-refractivity contribution >= 4 is 25.7 Å². The summed E-state index contributed by atoms with van der Waals surface area (Å²) in [5.74, 6) is 0. The van der Waals surface area contributed by atoms with Gasteiger partial charge in [0.25, 0.3) is 0 Å². The van der Waals surface area contributed by atoms with Crippen molar-refractivity contribution in [1.29, 1.82) is 0 Å². The Morgan fingerprint density at radius 3 is 1.65 bits per heavy atom. The molecule has 17 heavy (non-hydrogen) atoms. The van der Waals surface area contributed by atoms with Crippen molar-refractivity contribution in [1.82, 2.24) is 0 Å². The molecule has 0 heterocycles. The summed E-state index contributed by atoms with van der Waals surface area (Å²) in [7, 11) is -6.47. The largest absolute Gasteiger partial charge is 0.409 e. The van der Waals surface area contributed by atoms with E-state index in [1.807, 2.05) is 13.1 Å². The van der Waals surface area contributed by atoms with Gasteiger partial charge in [-0.15, -0.1) is 19.7 Å². The molecule has 0 spiro atoms. The summed E-state index contributed by atoms with van der Waals surface area (Å²) in [5, 5.41) is 0. The third-order valence-corrected chi connectivity index (χ3v) is 11.9. The Balaban J connectivity index is 4.98. The lowest BCUT2D eigenvalue weighted by molar-refractivity contribution is 0.274. The Hall–Kier alpha value is -0.289. The molecule has 0 aliphatic carbocycles. The first-order valence-corrected chi connectivity index (χ1v) is 12.5. The van der Waals surface area contributed by atoms with Gasteiger partial charge < -0.3 is 17.5 Å². The monoisotopic (exact) mass is 290 g/mol. The van der Waals surface area contributed by atoms with Crippen LogP contribution in [0.2, 0.25) is 19.6 Å². The van der Waals surface area contributed by atoms with Crippen LogP contribution in [-0.4, -0.2) is 37.6 Å². The Kier molecular flexibility index (Phi) is 5.94. The molecule has 0 aliphatic rings. The molecule has 0 bridgehead atoms. The predicted molar refractivity (Wildman–Crippen MR) is 76.8 cm³/mol. The highest BCUT2D eigenvalue weighted by atomic mass is 28.5. The molecule has 1 N–H and O–H groups in total. The first kappa shape index (κ1) is 16.7. The molecular weight excluding hydrogens is 268 g/mol. The highest BCUT2D eigenvalue weighted by Crippen LogP contribution is 2.21. The van der Waals surface area contributed by atoms with Crippen molar-refractivity contribution in [2.24, 2.45) is 0 Å². The summed E-state index contributed by atoms with van der Waals surface area (Å²) < 4.78 is 17.0. The zero-order valence-corrected chi connectivity index (χ0v) is 14.0. The summed E-state index contributed by atoms with van der Waals surface area (Å²) >= 11 is 0.